The molecule has 0 fully saturated rings. The summed E-state index contributed by atoms with van der Waals surface area (Å²) in [6.07, 6.45) is -5.65. The fourth-order valence-electron chi connectivity index (χ4n) is 0.167. The summed E-state index contributed by atoms with van der Waals surface area (Å²) in [4.78, 5) is 0. The van der Waals surface area contributed by atoms with Crippen molar-refractivity contribution >= 4 is 0 Å². The number of rotatable bonds is 1. The lowest BCUT2D eigenvalue weighted by atomic mass is 10.3. The van der Waals surface area contributed by atoms with Gasteiger partial charge in [0.2, 0.25) is 0 Å². The minimum absolute atomic E-state index is 0.778. The first-order chi connectivity index (χ1) is 4.02. The van der Waals surface area contributed by atoms with Gasteiger partial charge < -0.3 is 0 Å². The fourth-order valence-corrected chi connectivity index (χ4v) is 0.167. The molecule has 54 valence electrons. The van der Waals surface area contributed by atoms with Crippen molar-refractivity contribution in [2.45, 2.75) is 6.18 Å². The van der Waals surface area contributed by atoms with Gasteiger partial charge in [-0.3, -0.25) is 0 Å². The minimum atomic E-state index is -4.87. The maximum Gasteiger partial charge on any atom is 0.417 e. The van der Waals surface area contributed by atoms with Gasteiger partial charge in [0.25, 0.3) is 0 Å². The van der Waals surface area contributed by atoms with Crippen LogP contribution in [0.5, 0.6) is 0 Å². The van der Waals surface area contributed by atoms with Gasteiger partial charge in [-0.05, 0) is 0 Å². The van der Waals surface area contributed by atoms with Crippen LogP contribution in [-0.4, -0.2) is 12.9 Å². The van der Waals surface area contributed by atoms with E-state index in [2.05, 4.69) is 0 Å². The van der Waals surface area contributed by atoms with Gasteiger partial charge in [0.15, 0.2) is 0 Å². The molecular formula is C4H3F5. The third kappa shape index (κ3) is 2.43. The minimum Gasteiger partial charge on any atom is -0.246 e. The molecule has 0 N–H and O–H groups in total. The lowest BCUT2D eigenvalue weighted by Crippen LogP contribution is -2.12. The normalized spacial score (nSPS) is 14.1. The van der Waals surface area contributed by atoms with Crippen LogP contribution in [0.15, 0.2) is 11.9 Å². The van der Waals surface area contributed by atoms with Gasteiger partial charge in [0.1, 0.15) is 6.67 Å². The molecule has 0 heterocycles. The van der Waals surface area contributed by atoms with E-state index in [4.69, 9.17) is 0 Å². The highest BCUT2D eigenvalue weighted by Gasteiger charge is 2.33. The fraction of sp³-hybridized carbons (Fsp3) is 0.500. The quantitative estimate of drug-likeness (QED) is 0.498. The molecule has 0 amide bonds. The molecule has 0 spiro atoms. The number of allylic oxidation sites excluding steroid dienone is 1. The molecule has 0 saturated carbocycles. The number of halogens is 5. The molecule has 9 heavy (non-hydrogen) atoms. The Morgan fingerprint density at radius 2 is 1.78 bits per heavy atom. The van der Waals surface area contributed by atoms with Crippen LogP contribution < -0.4 is 0 Å². The summed E-state index contributed by atoms with van der Waals surface area (Å²) in [5, 5.41) is 0. The molecule has 0 aromatic heterocycles. The molecule has 0 aliphatic carbocycles. The molecule has 0 bridgehead atoms. The summed E-state index contributed by atoms with van der Waals surface area (Å²) in [5.41, 5.74) is -1.79. The summed E-state index contributed by atoms with van der Waals surface area (Å²) in [6.45, 7) is -1.82. The zero-order valence-corrected chi connectivity index (χ0v) is 4.17. The maximum absolute atomic E-state index is 11.2. The maximum atomic E-state index is 11.2. The number of hydrogen-bond acceptors (Lipinski definition) is 0. The first-order valence-electron chi connectivity index (χ1n) is 1.94. The Hall–Kier alpha value is -0.610. The van der Waals surface area contributed by atoms with Crippen LogP contribution in [0.2, 0.25) is 0 Å². The smallest absolute Gasteiger partial charge is 0.246 e. The second kappa shape index (κ2) is 2.80. The van der Waals surface area contributed by atoms with Gasteiger partial charge in [-0.25, -0.2) is 8.78 Å². The van der Waals surface area contributed by atoms with Crippen molar-refractivity contribution in [3.8, 4) is 0 Å². The summed E-state index contributed by atoms with van der Waals surface area (Å²) in [7, 11) is 0. The largest absolute Gasteiger partial charge is 0.417 e. The van der Waals surface area contributed by atoms with Crippen LogP contribution in [0, 0.1) is 0 Å². The molecular weight excluding hydrogens is 143 g/mol. The van der Waals surface area contributed by atoms with Gasteiger partial charge in [-0.1, -0.05) is 0 Å². The van der Waals surface area contributed by atoms with Gasteiger partial charge in [-0.2, -0.15) is 13.2 Å². The average molecular weight is 146 g/mol. The molecule has 0 aromatic carbocycles. The zero-order chi connectivity index (χ0) is 7.49. The molecule has 0 atom stereocenters. The average Bonchev–Trinajstić information content (AvgIpc) is 1.65. The summed E-state index contributed by atoms with van der Waals surface area (Å²) in [6, 6.07) is 0. The molecule has 0 radical (unpaired) electrons. The van der Waals surface area contributed by atoms with Crippen LogP contribution >= 0.6 is 0 Å². The van der Waals surface area contributed by atoms with Gasteiger partial charge >= 0.3 is 6.18 Å². The van der Waals surface area contributed by atoms with Crippen molar-refractivity contribution in [1.29, 1.82) is 0 Å². The second-order valence-corrected chi connectivity index (χ2v) is 1.27. The van der Waals surface area contributed by atoms with Crippen molar-refractivity contribution < 1.29 is 22.0 Å². The van der Waals surface area contributed by atoms with E-state index in [1.165, 1.54) is 0 Å². The van der Waals surface area contributed by atoms with Crippen molar-refractivity contribution in [2.24, 2.45) is 0 Å². The van der Waals surface area contributed by atoms with Crippen LogP contribution in [0.3, 0.4) is 0 Å². The van der Waals surface area contributed by atoms with Gasteiger partial charge in [0, 0.05) is 0 Å². The molecule has 0 aliphatic heterocycles. The number of alkyl halides is 4. The molecule has 0 unspecified atom stereocenters. The predicted octanol–water partition coefficient (Wildman–Crippen LogP) is 2.37. The van der Waals surface area contributed by atoms with E-state index < -0.39 is 24.8 Å². The Morgan fingerprint density at radius 3 is 1.78 bits per heavy atom. The van der Waals surface area contributed by atoms with Crippen LogP contribution in [0.4, 0.5) is 22.0 Å². The van der Waals surface area contributed by atoms with Crippen molar-refractivity contribution in [3.05, 3.63) is 11.9 Å². The molecule has 0 nitrogen and oxygen atoms in total. The highest BCUT2D eigenvalue weighted by molar-refractivity contribution is 5.04. The molecule has 0 rings (SSSR count). The Morgan fingerprint density at radius 1 is 1.33 bits per heavy atom. The topological polar surface area (TPSA) is 0 Å². The van der Waals surface area contributed by atoms with E-state index in [1.54, 1.807) is 0 Å². The summed E-state index contributed by atoms with van der Waals surface area (Å²) < 4.78 is 55.7. The molecule has 5 heteroatoms. The zero-order valence-electron chi connectivity index (χ0n) is 4.17. The van der Waals surface area contributed by atoms with E-state index in [0.29, 0.717) is 0 Å². The first kappa shape index (κ1) is 8.39. The van der Waals surface area contributed by atoms with Crippen molar-refractivity contribution in [3.63, 3.8) is 0 Å². The number of hydrogen-bond donors (Lipinski definition) is 0. The van der Waals surface area contributed by atoms with E-state index in [0.717, 1.165) is 0 Å². The molecule has 0 aromatic rings. The van der Waals surface area contributed by atoms with E-state index in [9.17, 15) is 22.0 Å². The highest BCUT2D eigenvalue weighted by Crippen LogP contribution is 2.25. The van der Waals surface area contributed by atoms with Gasteiger partial charge in [-0.15, -0.1) is 0 Å². The van der Waals surface area contributed by atoms with E-state index in [-0.39, 0.29) is 0 Å². The highest BCUT2D eigenvalue weighted by atomic mass is 19.4. The Bertz CT molecular complexity index is 111. The lowest BCUT2D eigenvalue weighted by Gasteiger charge is -2.03. The first-order valence-corrected chi connectivity index (χ1v) is 1.94. The monoisotopic (exact) mass is 146 g/mol. The SMILES string of the molecule is F/C=C(\CF)C(F)(F)F. The van der Waals surface area contributed by atoms with Crippen LogP contribution in [-0.2, 0) is 0 Å². The van der Waals surface area contributed by atoms with Crippen molar-refractivity contribution in [1.82, 2.24) is 0 Å². The third-order valence-electron chi connectivity index (χ3n) is 0.640. The van der Waals surface area contributed by atoms with Crippen LogP contribution in [0.25, 0.3) is 0 Å². The summed E-state index contributed by atoms with van der Waals surface area (Å²) in [5.74, 6) is 0. The second-order valence-electron chi connectivity index (χ2n) is 1.27. The van der Waals surface area contributed by atoms with E-state index >= 15 is 0 Å². The van der Waals surface area contributed by atoms with Crippen molar-refractivity contribution in [2.75, 3.05) is 6.67 Å². The standard InChI is InChI=1S/C4H3F5/c5-1-3(2-6)4(7,8)9/h1H,2H2/b3-1+. The Labute approximate surface area is 48.0 Å². The lowest BCUT2D eigenvalue weighted by molar-refractivity contribution is -0.0959. The van der Waals surface area contributed by atoms with Gasteiger partial charge in [0.05, 0.1) is 11.9 Å². The Balaban J connectivity index is 4.14. The molecule has 0 aliphatic rings. The Kier molecular flexibility index (Phi) is 2.61. The predicted molar refractivity (Wildman–Crippen MR) is 21.2 cm³/mol. The van der Waals surface area contributed by atoms with Crippen LogP contribution in [0.1, 0.15) is 0 Å². The molecule has 0 saturated heterocycles. The third-order valence-corrected chi connectivity index (χ3v) is 0.640. The summed E-state index contributed by atoms with van der Waals surface area (Å²) >= 11 is 0. The van der Waals surface area contributed by atoms with E-state index in [1.807, 2.05) is 0 Å².